The van der Waals surface area contributed by atoms with Crippen molar-refractivity contribution in [3.8, 4) is 0 Å². The van der Waals surface area contributed by atoms with Crippen molar-refractivity contribution in [1.29, 1.82) is 0 Å². The summed E-state index contributed by atoms with van der Waals surface area (Å²) >= 11 is 5.41. The molecule has 0 bridgehead atoms. The van der Waals surface area contributed by atoms with Crippen molar-refractivity contribution in [2.24, 2.45) is 5.73 Å². The van der Waals surface area contributed by atoms with E-state index in [0.717, 1.165) is 12.5 Å². The number of carbonyl (C=O) groups excluding carboxylic acids is 1. The lowest BCUT2D eigenvalue weighted by molar-refractivity contribution is -0.114. The third kappa shape index (κ3) is 2.20. The van der Waals surface area contributed by atoms with E-state index in [1.165, 1.54) is 12.1 Å². The molecule has 1 aromatic rings. The molecule has 0 spiro atoms. The fourth-order valence-corrected chi connectivity index (χ4v) is 0.884. The molecule has 12 heavy (non-hydrogen) atoms. The Bertz CT molecular complexity index is 314. The highest BCUT2D eigenvalue weighted by Crippen LogP contribution is 2.16. The molecule has 0 aliphatic carbocycles. The van der Waals surface area contributed by atoms with Crippen LogP contribution in [0.25, 0.3) is 0 Å². The van der Waals surface area contributed by atoms with Crippen LogP contribution in [0.15, 0.2) is 18.2 Å². The Kier molecular flexibility index (Phi) is 2.65. The zero-order valence-corrected chi connectivity index (χ0v) is 6.81. The van der Waals surface area contributed by atoms with Gasteiger partial charge in [-0.3, -0.25) is 4.79 Å². The first-order chi connectivity index (χ1) is 5.59. The van der Waals surface area contributed by atoms with Crippen molar-refractivity contribution in [3.63, 3.8) is 0 Å². The highest BCUT2D eigenvalue weighted by molar-refractivity contribution is 6.30. The average molecular weight is 187 g/mol. The molecule has 0 saturated heterocycles. The topological polar surface area (TPSA) is 43.1 Å². The molecule has 1 amide bonds. The fraction of sp³-hybridized carbons (Fsp3) is 0. The predicted octanol–water partition coefficient (Wildman–Crippen LogP) is 1.52. The van der Waals surface area contributed by atoms with Crippen molar-refractivity contribution in [2.45, 2.75) is 0 Å². The van der Waals surface area contributed by atoms with Crippen molar-refractivity contribution in [1.82, 2.24) is 0 Å². The van der Waals surface area contributed by atoms with Crippen molar-refractivity contribution < 1.29 is 9.18 Å². The Morgan fingerprint density at radius 1 is 1.58 bits per heavy atom. The summed E-state index contributed by atoms with van der Waals surface area (Å²) < 4.78 is 12.7. The second kappa shape index (κ2) is 3.54. The molecule has 1 rings (SSSR count). The smallest absolute Gasteiger partial charge is 0.226 e. The van der Waals surface area contributed by atoms with E-state index in [1.807, 2.05) is 0 Å². The van der Waals surface area contributed by atoms with Gasteiger partial charge in [0.2, 0.25) is 5.91 Å². The zero-order valence-electron chi connectivity index (χ0n) is 6.05. The molecule has 2 N–H and O–H groups in total. The largest absolute Gasteiger partial charge is 0.369 e. The summed E-state index contributed by atoms with van der Waals surface area (Å²) in [4.78, 5) is 10.4. The number of nitrogens with two attached hydrogens (primary N) is 1. The van der Waals surface area contributed by atoms with Crippen LogP contribution in [0.3, 0.4) is 0 Å². The molecule has 1 aromatic carbocycles. The van der Waals surface area contributed by atoms with Crippen molar-refractivity contribution in [2.75, 3.05) is 0 Å². The number of benzene rings is 1. The Morgan fingerprint density at radius 3 is 2.75 bits per heavy atom. The third-order valence-electron chi connectivity index (χ3n) is 1.25. The Labute approximate surface area is 74.1 Å². The molecule has 0 unspecified atom stereocenters. The summed E-state index contributed by atoms with van der Waals surface area (Å²) in [5, 5.41) is 0.0246. The van der Waals surface area contributed by atoms with Gasteiger partial charge in [-0.2, -0.15) is 0 Å². The minimum atomic E-state index is -0.614. The monoisotopic (exact) mass is 186 g/mol. The van der Waals surface area contributed by atoms with Gasteiger partial charge in [0, 0.05) is 0 Å². The summed E-state index contributed by atoms with van der Waals surface area (Å²) in [6.07, 6.45) is 1.12. The molecule has 0 saturated carbocycles. The van der Waals surface area contributed by atoms with Crippen LogP contribution in [0.2, 0.25) is 5.02 Å². The quantitative estimate of drug-likeness (QED) is 0.748. The van der Waals surface area contributed by atoms with Crippen LogP contribution in [-0.4, -0.2) is 5.91 Å². The first kappa shape index (κ1) is 9.00. The van der Waals surface area contributed by atoms with E-state index in [1.54, 1.807) is 0 Å². The summed E-state index contributed by atoms with van der Waals surface area (Å²) in [5.41, 5.74) is 5.27. The molecule has 4 heteroatoms. The lowest BCUT2D eigenvalue weighted by atomic mass is 10.1. The highest BCUT2D eigenvalue weighted by Gasteiger charge is 2.03. The van der Waals surface area contributed by atoms with Gasteiger partial charge in [0.05, 0.1) is 11.4 Å². The summed E-state index contributed by atoms with van der Waals surface area (Å²) in [7, 11) is 0. The molecule has 0 aliphatic rings. The van der Waals surface area contributed by atoms with Gasteiger partial charge >= 0.3 is 0 Å². The van der Waals surface area contributed by atoms with E-state index in [2.05, 4.69) is 0 Å². The van der Waals surface area contributed by atoms with Crippen LogP contribution in [0, 0.1) is 12.2 Å². The van der Waals surface area contributed by atoms with Crippen molar-refractivity contribution in [3.05, 3.63) is 41.0 Å². The second-order valence-electron chi connectivity index (χ2n) is 2.22. The molecule has 63 valence electrons. The number of halogens is 2. The van der Waals surface area contributed by atoms with Crippen LogP contribution in [0.4, 0.5) is 4.39 Å². The predicted molar refractivity (Wildman–Crippen MR) is 44.0 cm³/mol. The van der Waals surface area contributed by atoms with Gasteiger partial charge < -0.3 is 5.73 Å². The Balaban J connectivity index is 2.89. The standard InChI is InChI=1S/C8H6ClFNO/c9-6-2-1-5(3-7(6)10)4-8(11)12/h1-4H,(H2,11,12). The number of hydrogen-bond donors (Lipinski definition) is 1. The lowest BCUT2D eigenvalue weighted by Gasteiger charge is -1.97. The van der Waals surface area contributed by atoms with Gasteiger partial charge in [-0.1, -0.05) is 17.7 Å². The lowest BCUT2D eigenvalue weighted by Crippen LogP contribution is -2.11. The highest BCUT2D eigenvalue weighted by atomic mass is 35.5. The molecule has 0 heterocycles. The molecule has 0 aromatic heterocycles. The van der Waals surface area contributed by atoms with E-state index in [4.69, 9.17) is 17.3 Å². The van der Waals surface area contributed by atoms with Gasteiger partial charge in [-0.15, -0.1) is 0 Å². The number of primary amides is 1. The van der Waals surface area contributed by atoms with Gasteiger partial charge in [0.1, 0.15) is 5.82 Å². The second-order valence-corrected chi connectivity index (χ2v) is 2.63. The summed E-state index contributed by atoms with van der Waals surface area (Å²) in [6.45, 7) is 0. The first-order valence-electron chi connectivity index (χ1n) is 3.19. The molecular formula is C8H6ClFNO. The summed E-state index contributed by atoms with van der Waals surface area (Å²) in [6, 6.07) is 4.02. The minimum absolute atomic E-state index is 0.0246. The van der Waals surface area contributed by atoms with Crippen LogP contribution >= 0.6 is 11.6 Å². The minimum Gasteiger partial charge on any atom is -0.369 e. The Morgan fingerprint density at radius 2 is 2.25 bits per heavy atom. The number of amides is 1. The van der Waals surface area contributed by atoms with Gasteiger partial charge in [-0.25, -0.2) is 4.39 Å². The molecule has 0 atom stereocenters. The average Bonchev–Trinajstić information content (AvgIpc) is 1.96. The number of rotatable bonds is 2. The maximum Gasteiger partial charge on any atom is 0.226 e. The third-order valence-corrected chi connectivity index (χ3v) is 1.56. The molecule has 0 fully saturated rings. The molecule has 0 aliphatic heterocycles. The van der Waals surface area contributed by atoms with Crippen LogP contribution < -0.4 is 5.73 Å². The van der Waals surface area contributed by atoms with E-state index in [0.29, 0.717) is 5.56 Å². The summed E-state index contributed by atoms with van der Waals surface area (Å²) in [5.74, 6) is -1.18. The van der Waals surface area contributed by atoms with E-state index < -0.39 is 11.7 Å². The Hall–Kier alpha value is -1.09. The van der Waals surface area contributed by atoms with E-state index >= 15 is 0 Å². The van der Waals surface area contributed by atoms with Crippen molar-refractivity contribution >= 4 is 17.5 Å². The zero-order chi connectivity index (χ0) is 9.14. The van der Waals surface area contributed by atoms with E-state index in [9.17, 15) is 9.18 Å². The van der Waals surface area contributed by atoms with Gasteiger partial charge in [0.25, 0.3) is 0 Å². The fourth-order valence-electron chi connectivity index (χ4n) is 0.766. The maximum atomic E-state index is 12.7. The molecular weight excluding hydrogens is 181 g/mol. The maximum absolute atomic E-state index is 12.7. The number of carbonyl (C=O) groups is 1. The molecule has 2 nitrogen and oxygen atoms in total. The van der Waals surface area contributed by atoms with Gasteiger partial charge in [-0.05, 0) is 17.7 Å². The van der Waals surface area contributed by atoms with Gasteiger partial charge in [0.15, 0.2) is 0 Å². The first-order valence-corrected chi connectivity index (χ1v) is 3.56. The van der Waals surface area contributed by atoms with Crippen LogP contribution in [0.5, 0.6) is 0 Å². The van der Waals surface area contributed by atoms with Crippen LogP contribution in [0.1, 0.15) is 5.56 Å². The normalized spacial score (nSPS) is 9.83. The number of hydrogen-bond acceptors (Lipinski definition) is 1. The van der Waals surface area contributed by atoms with E-state index in [-0.39, 0.29) is 5.02 Å². The molecule has 1 radical (unpaired) electrons. The van der Waals surface area contributed by atoms with Crippen LogP contribution in [-0.2, 0) is 4.79 Å². The SMILES string of the molecule is NC(=O)[CH]c1ccc(Cl)c(F)c1.